The molecule has 1 amide bonds. The minimum Gasteiger partial charge on any atom is -0.273 e. The number of amides is 1. The van der Waals surface area contributed by atoms with E-state index in [-0.39, 0.29) is 5.91 Å². The molecule has 0 spiro atoms. The van der Waals surface area contributed by atoms with Gasteiger partial charge in [-0.2, -0.15) is 5.10 Å². The number of rotatable bonds is 7. The van der Waals surface area contributed by atoms with Gasteiger partial charge in [0.1, 0.15) is 0 Å². The molecule has 1 N–H and O–H groups in total. The van der Waals surface area contributed by atoms with Crippen molar-refractivity contribution in [3.8, 4) is 5.69 Å². The zero-order valence-electron chi connectivity index (χ0n) is 15.1. The monoisotopic (exact) mass is 349 g/mol. The predicted molar refractivity (Wildman–Crippen MR) is 101 cm³/mol. The van der Waals surface area contributed by atoms with Gasteiger partial charge in [-0.25, -0.2) is 10.2 Å². The van der Waals surface area contributed by atoms with Gasteiger partial charge in [-0.05, 0) is 49.6 Å². The molecule has 5 heteroatoms. The number of benzene rings is 2. The molecule has 0 bridgehead atoms. The van der Waals surface area contributed by atoms with Crippen LogP contribution in [0, 0.1) is 13.8 Å². The molecule has 134 valence electrons. The summed E-state index contributed by atoms with van der Waals surface area (Å²) in [5.74, 6) is -0.122. The van der Waals surface area contributed by atoms with Crippen LogP contribution in [-0.4, -0.2) is 15.7 Å². The summed E-state index contributed by atoms with van der Waals surface area (Å²) >= 11 is 0. The van der Waals surface area contributed by atoms with E-state index >= 15 is 0 Å². The topological polar surface area (TPSA) is 56.2 Å². The van der Waals surface area contributed by atoms with E-state index in [2.05, 4.69) is 10.6 Å². The minimum atomic E-state index is -0.122. The van der Waals surface area contributed by atoms with Crippen LogP contribution in [0.3, 0.4) is 0 Å². The number of carbonyl (C=O) groups excluding carboxylic acids is 1. The van der Waals surface area contributed by atoms with Gasteiger partial charge >= 0.3 is 0 Å². The van der Waals surface area contributed by atoms with E-state index in [0.717, 1.165) is 28.2 Å². The van der Waals surface area contributed by atoms with E-state index in [9.17, 15) is 4.79 Å². The first-order valence-electron chi connectivity index (χ1n) is 8.69. The van der Waals surface area contributed by atoms with E-state index in [0.29, 0.717) is 19.4 Å². The summed E-state index contributed by atoms with van der Waals surface area (Å²) < 4.78 is 1.92. The van der Waals surface area contributed by atoms with Gasteiger partial charge in [-0.3, -0.25) is 9.63 Å². The zero-order valence-corrected chi connectivity index (χ0v) is 15.1. The van der Waals surface area contributed by atoms with Crippen molar-refractivity contribution in [2.45, 2.75) is 33.3 Å². The molecule has 3 aromatic rings. The molecule has 5 nitrogen and oxygen atoms in total. The van der Waals surface area contributed by atoms with Crippen molar-refractivity contribution in [2.75, 3.05) is 0 Å². The molecular formula is C21H23N3O2. The molecule has 3 rings (SSSR count). The standard InChI is InChI=1S/C21H23N3O2/c1-16-14-17(2)24(22-16)20-11-8-18(9-12-20)10-13-21(25)23-26-15-19-6-4-3-5-7-19/h3-9,11-12,14H,10,13,15H2,1-2H3,(H,23,25). The fourth-order valence-electron chi connectivity index (χ4n) is 2.78. The third kappa shape index (κ3) is 4.80. The highest BCUT2D eigenvalue weighted by Crippen LogP contribution is 2.14. The second-order valence-electron chi connectivity index (χ2n) is 6.30. The van der Waals surface area contributed by atoms with Gasteiger partial charge in [0.05, 0.1) is 18.0 Å². The number of aryl methyl sites for hydroxylation is 3. The Morgan fingerprint density at radius 1 is 1.04 bits per heavy atom. The molecule has 0 radical (unpaired) electrons. The number of carbonyl (C=O) groups is 1. The molecule has 1 aromatic heterocycles. The van der Waals surface area contributed by atoms with E-state index in [1.165, 1.54) is 0 Å². The Kier molecular flexibility index (Phi) is 5.81. The van der Waals surface area contributed by atoms with Crippen molar-refractivity contribution >= 4 is 5.91 Å². The Hall–Kier alpha value is -2.92. The number of nitrogens with one attached hydrogen (secondary N) is 1. The van der Waals surface area contributed by atoms with Gasteiger partial charge in [0.2, 0.25) is 5.91 Å². The summed E-state index contributed by atoms with van der Waals surface area (Å²) in [4.78, 5) is 17.1. The molecule has 2 aromatic carbocycles. The Morgan fingerprint density at radius 2 is 1.77 bits per heavy atom. The number of hydrogen-bond acceptors (Lipinski definition) is 3. The van der Waals surface area contributed by atoms with Gasteiger partial charge in [0.25, 0.3) is 0 Å². The summed E-state index contributed by atoms with van der Waals surface area (Å²) in [6.45, 7) is 4.38. The summed E-state index contributed by atoms with van der Waals surface area (Å²) in [6, 6.07) is 19.9. The molecule has 0 aliphatic heterocycles. The molecule has 0 atom stereocenters. The van der Waals surface area contributed by atoms with Gasteiger partial charge < -0.3 is 0 Å². The fraction of sp³-hybridized carbons (Fsp3) is 0.238. The Labute approximate surface area is 153 Å². The smallest absolute Gasteiger partial charge is 0.243 e. The fourth-order valence-corrected chi connectivity index (χ4v) is 2.78. The maximum absolute atomic E-state index is 11.9. The van der Waals surface area contributed by atoms with Crippen molar-refractivity contribution in [2.24, 2.45) is 0 Å². The van der Waals surface area contributed by atoms with Crippen LogP contribution in [0.15, 0.2) is 60.7 Å². The second-order valence-corrected chi connectivity index (χ2v) is 6.30. The molecule has 0 aliphatic carbocycles. The largest absolute Gasteiger partial charge is 0.273 e. The highest BCUT2D eigenvalue weighted by Gasteiger charge is 2.05. The third-order valence-electron chi connectivity index (χ3n) is 4.10. The molecule has 0 fully saturated rings. The molecule has 26 heavy (non-hydrogen) atoms. The van der Waals surface area contributed by atoms with Gasteiger partial charge in [-0.1, -0.05) is 42.5 Å². The first kappa shape index (κ1) is 17.9. The second kappa shape index (κ2) is 8.45. The summed E-state index contributed by atoms with van der Waals surface area (Å²) in [7, 11) is 0. The lowest BCUT2D eigenvalue weighted by Gasteiger charge is -2.07. The normalized spacial score (nSPS) is 10.7. The van der Waals surface area contributed by atoms with Crippen molar-refractivity contribution in [3.63, 3.8) is 0 Å². The minimum absolute atomic E-state index is 0.122. The zero-order chi connectivity index (χ0) is 18.4. The van der Waals surface area contributed by atoms with Gasteiger partial charge in [-0.15, -0.1) is 0 Å². The molecule has 0 saturated carbocycles. The van der Waals surface area contributed by atoms with Crippen molar-refractivity contribution in [3.05, 3.63) is 83.2 Å². The van der Waals surface area contributed by atoms with Gasteiger partial charge in [0.15, 0.2) is 0 Å². The van der Waals surface area contributed by atoms with E-state index in [1.54, 1.807) is 0 Å². The highest BCUT2D eigenvalue weighted by molar-refractivity contribution is 5.75. The quantitative estimate of drug-likeness (QED) is 0.662. The maximum Gasteiger partial charge on any atom is 0.243 e. The average molecular weight is 349 g/mol. The number of aromatic nitrogens is 2. The summed E-state index contributed by atoms with van der Waals surface area (Å²) in [5.41, 5.74) is 7.75. The van der Waals surface area contributed by atoms with Crippen LogP contribution in [0.4, 0.5) is 0 Å². The van der Waals surface area contributed by atoms with Crippen LogP contribution in [-0.2, 0) is 22.7 Å². The number of nitrogens with zero attached hydrogens (tertiary/aromatic N) is 2. The molecular weight excluding hydrogens is 326 g/mol. The lowest BCUT2D eigenvalue weighted by molar-refractivity contribution is -0.134. The summed E-state index contributed by atoms with van der Waals surface area (Å²) in [5, 5.41) is 4.48. The first-order valence-corrected chi connectivity index (χ1v) is 8.69. The van der Waals surface area contributed by atoms with Crippen LogP contribution in [0.5, 0.6) is 0 Å². The summed E-state index contributed by atoms with van der Waals surface area (Å²) in [6.07, 6.45) is 1.05. The Morgan fingerprint density at radius 3 is 2.42 bits per heavy atom. The van der Waals surface area contributed by atoms with Crippen LogP contribution < -0.4 is 5.48 Å². The molecule has 0 aliphatic rings. The Bertz CT molecular complexity index is 855. The van der Waals surface area contributed by atoms with Crippen LogP contribution in [0.1, 0.15) is 28.9 Å². The molecule has 1 heterocycles. The third-order valence-corrected chi connectivity index (χ3v) is 4.10. The highest BCUT2D eigenvalue weighted by atomic mass is 16.6. The van der Waals surface area contributed by atoms with E-state index in [4.69, 9.17) is 4.84 Å². The van der Waals surface area contributed by atoms with E-state index in [1.807, 2.05) is 79.2 Å². The number of hydrogen-bond donors (Lipinski definition) is 1. The lowest BCUT2D eigenvalue weighted by atomic mass is 10.1. The van der Waals surface area contributed by atoms with Gasteiger partial charge in [0, 0.05) is 12.1 Å². The lowest BCUT2D eigenvalue weighted by Crippen LogP contribution is -2.23. The van der Waals surface area contributed by atoms with Crippen LogP contribution in [0.25, 0.3) is 5.69 Å². The van der Waals surface area contributed by atoms with E-state index < -0.39 is 0 Å². The predicted octanol–water partition coefficient (Wildman–Crippen LogP) is 3.67. The van der Waals surface area contributed by atoms with Crippen molar-refractivity contribution < 1.29 is 9.63 Å². The molecule has 0 saturated heterocycles. The number of hydroxylamine groups is 1. The Balaban J connectivity index is 1.45. The van der Waals surface area contributed by atoms with Crippen molar-refractivity contribution in [1.82, 2.24) is 15.3 Å². The average Bonchev–Trinajstić information content (AvgIpc) is 2.99. The first-order chi connectivity index (χ1) is 12.6. The molecule has 0 unspecified atom stereocenters. The SMILES string of the molecule is Cc1cc(C)n(-c2ccc(CCC(=O)NOCc3ccccc3)cc2)n1. The van der Waals surface area contributed by atoms with Crippen LogP contribution in [0.2, 0.25) is 0 Å². The van der Waals surface area contributed by atoms with Crippen molar-refractivity contribution in [1.29, 1.82) is 0 Å². The maximum atomic E-state index is 11.9. The van der Waals surface area contributed by atoms with Crippen LogP contribution >= 0.6 is 0 Å².